The van der Waals surface area contributed by atoms with E-state index in [9.17, 15) is 4.79 Å². The molecule has 4 nitrogen and oxygen atoms in total. The van der Waals surface area contributed by atoms with Gasteiger partial charge in [-0.3, -0.25) is 0 Å². The molecule has 0 aliphatic carbocycles. The molecular formula is C9H12N2O2. The lowest BCUT2D eigenvalue weighted by molar-refractivity contribution is 0.117. The topological polar surface area (TPSA) is 78.3 Å². The normalized spacial score (nSPS) is 12.1. The summed E-state index contributed by atoms with van der Waals surface area (Å²) in [5.74, 6) is 0. The van der Waals surface area contributed by atoms with Crippen LogP contribution in [0.4, 0.5) is 10.5 Å². The van der Waals surface area contributed by atoms with E-state index >= 15 is 0 Å². The first-order chi connectivity index (χ1) is 6.11. The summed E-state index contributed by atoms with van der Waals surface area (Å²) in [6.07, 6.45) is -1.20. The van der Waals surface area contributed by atoms with Gasteiger partial charge in [0.15, 0.2) is 0 Å². The SMILES string of the molecule is CC(OC(N)=O)c1ccccc1N. The van der Waals surface area contributed by atoms with Gasteiger partial charge in [-0.25, -0.2) is 4.79 Å². The number of para-hydroxylation sites is 1. The highest BCUT2D eigenvalue weighted by atomic mass is 16.6. The van der Waals surface area contributed by atoms with Crippen LogP contribution >= 0.6 is 0 Å². The van der Waals surface area contributed by atoms with Crippen molar-refractivity contribution in [2.24, 2.45) is 5.73 Å². The molecule has 0 bridgehead atoms. The molecule has 70 valence electrons. The average Bonchev–Trinajstić information content (AvgIpc) is 2.03. The highest BCUT2D eigenvalue weighted by Crippen LogP contribution is 2.22. The predicted molar refractivity (Wildman–Crippen MR) is 49.9 cm³/mol. The first-order valence-corrected chi connectivity index (χ1v) is 3.91. The largest absolute Gasteiger partial charge is 0.442 e. The number of benzene rings is 1. The molecule has 1 atom stereocenters. The molecule has 0 aliphatic rings. The number of carbonyl (C=O) groups excluding carboxylic acids is 1. The molecule has 0 aliphatic heterocycles. The van der Waals surface area contributed by atoms with E-state index in [0.29, 0.717) is 5.69 Å². The van der Waals surface area contributed by atoms with Crippen molar-refractivity contribution in [1.82, 2.24) is 0 Å². The summed E-state index contributed by atoms with van der Waals surface area (Å²) in [7, 11) is 0. The lowest BCUT2D eigenvalue weighted by Gasteiger charge is -2.13. The maximum Gasteiger partial charge on any atom is 0.405 e. The number of hydrogen-bond acceptors (Lipinski definition) is 3. The van der Waals surface area contributed by atoms with Crippen LogP contribution in [-0.4, -0.2) is 6.09 Å². The van der Waals surface area contributed by atoms with E-state index in [1.165, 1.54) is 0 Å². The number of carbonyl (C=O) groups is 1. The Kier molecular flexibility index (Phi) is 2.74. The molecule has 4 N–H and O–H groups in total. The number of rotatable bonds is 2. The molecule has 1 rings (SSSR count). The quantitative estimate of drug-likeness (QED) is 0.675. The smallest absolute Gasteiger partial charge is 0.405 e. The molecule has 1 unspecified atom stereocenters. The fourth-order valence-electron chi connectivity index (χ4n) is 1.12. The number of anilines is 1. The molecule has 0 fully saturated rings. The third-order valence-corrected chi connectivity index (χ3v) is 1.73. The van der Waals surface area contributed by atoms with Crippen molar-refractivity contribution in [3.63, 3.8) is 0 Å². The van der Waals surface area contributed by atoms with E-state index < -0.39 is 12.2 Å². The Labute approximate surface area is 76.5 Å². The van der Waals surface area contributed by atoms with Crippen LogP contribution in [0.5, 0.6) is 0 Å². The van der Waals surface area contributed by atoms with E-state index in [4.69, 9.17) is 16.2 Å². The summed E-state index contributed by atoms with van der Waals surface area (Å²) in [5.41, 5.74) is 11.9. The van der Waals surface area contributed by atoms with E-state index in [1.54, 1.807) is 19.1 Å². The van der Waals surface area contributed by atoms with Gasteiger partial charge in [0.05, 0.1) is 0 Å². The van der Waals surface area contributed by atoms with Gasteiger partial charge in [0.25, 0.3) is 0 Å². The third-order valence-electron chi connectivity index (χ3n) is 1.73. The van der Waals surface area contributed by atoms with E-state index in [2.05, 4.69) is 0 Å². The molecule has 0 heterocycles. The van der Waals surface area contributed by atoms with Crippen molar-refractivity contribution in [3.05, 3.63) is 29.8 Å². The summed E-state index contributed by atoms with van der Waals surface area (Å²) >= 11 is 0. The number of ether oxygens (including phenoxy) is 1. The van der Waals surface area contributed by atoms with Gasteiger partial charge in [-0.05, 0) is 13.0 Å². The van der Waals surface area contributed by atoms with Gasteiger partial charge < -0.3 is 16.2 Å². The Morgan fingerprint density at radius 3 is 2.62 bits per heavy atom. The van der Waals surface area contributed by atoms with Crippen LogP contribution in [0.15, 0.2) is 24.3 Å². The van der Waals surface area contributed by atoms with Crippen LogP contribution in [0.1, 0.15) is 18.6 Å². The molecule has 1 amide bonds. The molecule has 0 aromatic heterocycles. The number of primary amides is 1. The summed E-state index contributed by atoms with van der Waals surface area (Å²) in [5, 5.41) is 0. The van der Waals surface area contributed by atoms with Gasteiger partial charge in [0, 0.05) is 11.3 Å². The van der Waals surface area contributed by atoms with Crippen LogP contribution < -0.4 is 11.5 Å². The molecule has 0 radical (unpaired) electrons. The molecule has 1 aromatic carbocycles. The Morgan fingerprint density at radius 2 is 2.08 bits per heavy atom. The predicted octanol–water partition coefficient (Wildman–Crippen LogP) is 1.43. The Morgan fingerprint density at radius 1 is 1.46 bits per heavy atom. The highest BCUT2D eigenvalue weighted by Gasteiger charge is 2.10. The molecule has 13 heavy (non-hydrogen) atoms. The second-order valence-corrected chi connectivity index (χ2v) is 2.71. The highest BCUT2D eigenvalue weighted by molar-refractivity contribution is 5.65. The Hall–Kier alpha value is -1.71. The van der Waals surface area contributed by atoms with E-state index in [1.807, 2.05) is 12.1 Å². The minimum absolute atomic E-state index is 0.404. The van der Waals surface area contributed by atoms with Crippen LogP contribution in [-0.2, 0) is 4.74 Å². The van der Waals surface area contributed by atoms with Crippen LogP contribution in [0, 0.1) is 0 Å². The second-order valence-electron chi connectivity index (χ2n) is 2.71. The van der Waals surface area contributed by atoms with Crippen molar-refractivity contribution in [1.29, 1.82) is 0 Å². The summed E-state index contributed by atoms with van der Waals surface area (Å²) in [6, 6.07) is 7.18. The van der Waals surface area contributed by atoms with Crippen LogP contribution in [0.25, 0.3) is 0 Å². The average molecular weight is 180 g/mol. The number of hydrogen-bond donors (Lipinski definition) is 2. The fraction of sp³-hybridized carbons (Fsp3) is 0.222. The first-order valence-electron chi connectivity index (χ1n) is 3.91. The van der Waals surface area contributed by atoms with Gasteiger partial charge in [0.1, 0.15) is 6.10 Å². The molecule has 4 heteroatoms. The van der Waals surface area contributed by atoms with Crippen LogP contribution in [0.2, 0.25) is 0 Å². The molecular weight excluding hydrogens is 168 g/mol. The molecule has 1 aromatic rings. The van der Waals surface area contributed by atoms with E-state index in [0.717, 1.165) is 5.56 Å². The molecule has 0 spiro atoms. The van der Waals surface area contributed by atoms with Gasteiger partial charge in [-0.15, -0.1) is 0 Å². The maximum absolute atomic E-state index is 10.5. The first kappa shape index (κ1) is 9.38. The number of nitrogens with two attached hydrogens (primary N) is 2. The Bertz CT molecular complexity index is 312. The lowest BCUT2D eigenvalue weighted by atomic mass is 10.1. The standard InChI is InChI=1S/C9H12N2O2/c1-6(13-9(11)12)7-4-2-3-5-8(7)10/h2-6H,10H2,1H3,(H2,11,12). The zero-order valence-electron chi connectivity index (χ0n) is 7.36. The fourth-order valence-corrected chi connectivity index (χ4v) is 1.12. The Balaban J connectivity index is 2.82. The molecule has 0 saturated heterocycles. The van der Waals surface area contributed by atoms with Crippen molar-refractivity contribution in [2.45, 2.75) is 13.0 Å². The summed E-state index contributed by atoms with van der Waals surface area (Å²) in [4.78, 5) is 10.5. The monoisotopic (exact) mass is 180 g/mol. The van der Waals surface area contributed by atoms with Gasteiger partial charge in [-0.1, -0.05) is 18.2 Å². The van der Waals surface area contributed by atoms with Crippen molar-refractivity contribution >= 4 is 11.8 Å². The zero-order chi connectivity index (χ0) is 9.84. The van der Waals surface area contributed by atoms with Gasteiger partial charge >= 0.3 is 6.09 Å². The van der Waals surface area contributed by atoms with Crippen LogP contribution in [0.3, 0.4) is 0 Å². The lowest BCUT2D eigenvalue weighted by Crippen LogP contribution is -2.16. The van der Waals surface area contributed by atoms with Crippen molar-refractivity contribution < 1.29 is 9.53 Å². The minimum atomic E-state index is -0.796. The third kappa shape index (κ3) is 2.37. The summed E-state index contributed by atoms with van der Waals surface area (Å²) in [6.45, 7) is 1.72. The van der Waals surface area contributed by atoms with Gasteiger partial charge in [0.2, 0.25) is 0 Å². The second kappa shape index (κ2) is 3.80. The van der Waals surface area contributed by atoms with Crippen molar-refractivity contribution in [2.75, 3.05) is 5.73 Å². The number of nitrogen functional groups attached to an aromatic ring is 1. The zero-order valence-corrected chi connectivity index (χ0v) is 7.36. The molecule has 0 saturated carbocycles. The minimum Gasteiger partial charge on any atom is -0.442 e. The van der Waals surface area contributed by atoms with Gasteiger partial charge in [-0.2, -0.15) is 0 Å². The van der Waals surface area contributed by atoms with E-state index in [-0.39, 0.29) is 0 Å². The maximum atomic E-state index is 10.5. The summed E-state index contributed by atoms with van der Waals surface area (Å²) < 4.78 is 4.78. The van der Waals surface area contributed by atoms with Crippen molar-refractivity contribution in [3.8, 4) is 0 Å². The number of amides is 1.